The molecular weight excluding hydrogens is 200 g/mol. The Hall–Kier alpha value is -1.95. The second-order valence-corrected chi connectivity index (χ2v) is 3.63. The van der Waals surface area contributed by atoms with Gasteiger partial charge in [0.05, 0.1) is 0 Å². The quantitative estimate of drug-likeness (QED) is 0.591. The molecule has 0 radical (unpaired) electrons. The van der Waals surface area contributed by atoms with Crippen molar-refractivity contribution in [3.8, 4) is 12.3 Å². The number of nitrogens with one attached hydrogen (secondary N) is 2. The number of terminal acetylenes is 1. The minimum atomic E-state index is -0.224. The zero-order chi connectivity index (χ0) is 12.0. The van der Waals surface area contributed by atoms with Gasteiger partial charge >= 0.3 is 6.03 Å². The Kier molecular flexibility index (Phi) is 4.41. The lowest BCUT2D eigenvalue weighted by molar-refractivity contribution is 0.252. The topological polar surface area (TPSA) is 41.1 Å². The molecule has 84 valence electrons. The first-order chi connectivity index (χ1) is 7.63. The third-order valence-corrected chi connectivity index (χ3v) is 2.32. The van der Waals surface area contributed by atoms with E-state index < -0.39 is 0 Å². The molecule has 0 aliphatic rings. The summed E-state index contributed by atoms with van der Waals surface area (Å²) < 4.78 is 0. The number of hydrogen-bond donors (Lipinski definition) is 2. The lowest BCUT2D eigenvalue weighted by Crippen LogP contribution is -2.29. The molecule has 0 heterocycles. The van der Waals surface area contributed by atoms with Gasteiger partial charge in [-0.1, -0.05) is 6.07 Å². The molecule has 3 heteroatoms. The van der Waals surface area contributed by atoms with Gasteiger partial charge < -0.3 is 10.6 Å². The van der Waals surface area contributed by atoms with E-state index in [9.17, 15) is 4.79 Å². The van der Waals surface area contributed by atoms with Crippen LogP contribution < -0.4 is 10.6 Å². The van der Waals surface area contributed by atoms with Gasteiger partial charge in [0.25, 0.3) is 0 Å². The third kappa shape index (κ3) is 3.66. The van der Waals surface area contributed by atoms with Crippen molar-refractivity contribution in [3.05, 3.63) is 29.3 Å². The van der Waals surface area contributed by atoms with E-state index in [4.69, 9.17) is 6.42 Å². The average Bonchev–Trinajstić information content (AvgIpc) is 2.24. The lowest BCUT2D eigenvalue weighted by atomic mass is 10.1. The van der Waals surface area contributed by atoms with E-state index in [0.717, 1.165) is 11.3 Å². The summed E-state index contributed by atoms with van der Waals surface area (Å²) in [5, 5.41) is 5.42. The van der Waals surface area contributed by atoms with Crippen LogP contribution in [0.5, 0.6) is 0 Å². The summed E-state index contributed by atoms with van der Waals surface area (Å²) in [4.78, 5) is 11.4. The molecule has 2 N–H and O–H groups in total. The largest absolute Gasteiger partial charge is 0.337 e. The maximum atomic E-state index is 11.4. The Labute approximate surface area is 96.2 Å². The van der Waals surface area contributed by atoms with Crippen molar-refractivity contribution < 1.29 is 4.79 Å². The van der Waals surface area contributed by atoms with E-state index in [1.807, 2.05) is 32.0 Å². The molecule has 0 aliphatic heterocycles. The number of rotatable bonds is 3. The highest BCUT2D eigenvalue weighted by Crippen LogP contribution is 2.13. The Morgan fingerprint density at radius 3 is 2.75 bits per heavy atom. The number of amides is 2. The monoisotopic (exact) mass is 216 g/mol. The first kappa shape index (κ1) is 12.1. The average molecular weight is 216 g/mol. The Morgan fingerprint density at radius 1 is 1.38 bits per heavy atom. The van der Waals surface area contributed by atoms with E-state index in [2.05, 4.69) is 16.6 Å². The van der Waals surface area contributed by atoms with E-state index in [0.29, 0.717) is 13.0 Å². The minimum absolute atomic E-state index is 0.224. The van der Waals surface area contributed by atoms with E-state index >= 15 is 0 Å². The summed E-state index contributed by atoms with van der Waals surface area (Å²) in [6, 6.07) is 5.57. The fraction of sp³-hybridized carbons (Fsp3) is 0.308. The molecule has 1 rings (SSSR count). The van der Waals surface area contributed by atoms with E-state index in [-0.39, 0.29) is 6.03 Å². The summed E-state index contributed by atoms with van der Waals surface area (Å²) >= 11 is 0. The predicted octanol–water partition coefficient (Wildman–Crippen LogP) is 2.45. The van der Waals surface area contributed by atoms with Gasteiger partial charge in [-0.3, -0.25) is 0 Å². The van der Waals surface area contributed by atoms with Crippen molar-refractivity contribution >= 4 is 11.7 Å². The van der Waals surface area contributed by atoms with Crippen molar-refractivity contribution in [1.82, 2.24) is 5.32 Å². The second-order valence-electron chi connectivity index (χ2n) is 3.63. The highest BCUT2D eigenvalue weighted by Gasteiger charge is 2.01. The molecule has 0 unspecified atom stereocenters. The second kappa shape index (κ2) is 5.82. The maximum Gasteiger partial charge on any atom is 0.319 e. The molecule has 16 heavy (non-hydrogen) atoms. The van der Waals surface area contributed by atoms with Crippen LogP contribution in [0.25, 0.3) is 0 Å². The molecular formula is C13H16N2O. The maximum absolute atomic E-state index is 11.4. The van der Waals surface area contributed by atoms with Crippen LogP contribution in [0.15, 0.2) is 18.2 Å². The molecule has 1 aromatic rings. The van der Waals surface area contributed by atoms with Crippen molar-refractivity contribution in [2.45, 2.75) is 20.3 Å². The van der Waals surface area contributed by atoms with Gasteiger partial charge in [-0.2, -0.15) is 0 Å². The molecule has 0 saturated heterocycles. The van der Waals surface area contributed by atoms with Crippen LogP contribution in [-0.2, 0) is 0 Å². The number of hydrogen-bond acceptors (Lipinski definition) is 1. The molecule has 0 aromatic heterocycles. The smallest absolute Gasteiger partial charge is 0.319 e. The van der Waals surface area contributed by atoms with Gasteiger partial charge in [-0.25, -0.2) is 4.79 Å². The van der Waals surface area contributed by atoms with E-state index in [1.54, 1.807) is 0 Å². The minimum Gasteiger partial charge on any atom is -0.337 e. The highest BCUT2D eigenvalue weighted by molar-refractivity contribution is 5.89. The Balaban J connectivity index is 2.50. The molecule has 0 atom stereocenters. The van der Waals surface area contributed by atoms with Crippen molar-refractivity contribution in [1.29, 1.82) is 0 Å². The number of urea groups is 1. The van der Waals surface area contributed by atoms with Crippen molar-refractivity contribution in [2.24, 2.45) is 0 Å². The number of aryl methyl sites for hydroxylation is 2. The first-order valence-electron chi connectivity index (χ1n) is 5.19. The normalized spacial score (nSPS) is 9.31. The Bertz CT molecular complexity index is 418. The molecule has 3 nitrogen and oxygen atoms in total. The first-order valence-corrected chi connectivity index (χ1v) is 5.19. The van der Waals surface area contributed by atoms with Gasteiger partial charge in [-0.05, 0) is 37.1 Å². The molecule has 0 spiro atoms. The Morgan fingerprint density at radius 2 is 2.12 bits per heavy atom. The number of carbonyl (C=O) groups excluding carboxylic acids is 1. The molecule has 1 aromatic carbocycles. The van der Waals surface area contributed by atoms with Crippen LogP contribution in [0.1, 0.15) is 17.5 Å². The van der Waals surface area contributed by atoms with Gasteiger partial charge in [0.1, 0.15) is 0 Å². The predicted molar refractivity (Wildman–Crippen MR) is 66.4 cm³/mol. The van der Waals surface area contributed by atoms with Crippen LogP contribution in [-0.4, -0.2) is 12.6 Å². The fourth-order valence-electron chi connectivity index (χ4n) is 1.24. The molecule has 0 bridgehead atoms. The molecule has 0 aliphatic carbocycles. The van der Waals surface area contributed by atoms with Gasteiger partial charge in [0.15, 0.2) is 0 Å². The number of anilines is 1. The van der Waals surface area contributed by atoms with Gasteiger partial charge in [0.2, 0.25) is 0 Å². The zero-order valence-corrected chi connectivity index (χ0v) is 9.63. The van der Waals surface area contributed by atoms with Crippen LogP contribution in [0, 0.1) is 26.2 Å². The van der Waals surface area contributed by atoms with Crippen molar-refractivity contribution in [3.63, 3.8) is 0 Å². The molecule has 0 fully saturated rings. The summed E-state index contributed by atoms with van der Waals surface area (Å²) in [7, 11) is 0. The van der Waals surface area contributed by atoms with Crippen molar-refractivity contribution in [2.75, 3.05) is 11.9 Å². The molecule has 2 amide bonds. The van der Waals surface area contributed by atoms with E-state index in [1.165, 1.54) is 5.56 Å². The number of benzene rings is 1. The van der Waals surface area contributed by atoms with Crippen LogP contribution in [0.2, 0.25) is 0 Å². The summed E-state index contributed by atoms with van der Waals surface area (Å²) in [6.07, 6.45) is 5.62. The third-order valence-electron chi connectivity index (χ3n) is 2.32. The lowest BCUT2D eigenvalue weighted by Gasteiger charge is -2.08. The fourth-order valence-corrected chi connectivity index (χ4v) is 1.24. The summed E-state index contributed by atoms with van der Waals surface area (Å²) in [6.45, 7) is 4.54. The van der Waals surface area contributed by atoms with Gasteiger partial charge in [-0.15, -0.1) is 12.3 Å². The van der Waals surface area contributed by atoms with Crippen LogP contribution >= 0.6 is 0 Å². The van der Waals surface area contributed by atoms with Crippen LogP contribution in [0.4, 0.5) is 10.5 Å². The highest BCUT2D eigenvalue weighted by atomic mass is 16.2. The summed E-state index contributed by atoms with van der Waals surface area (Å²) in [5.41, 5.74) is 3.15. The summed E-state index contributed by atoms with van der Waals surface area (Å²) in [5.74, 6) is 2.46. The SMILES string of the molecule is C#CCCNC(=O)Nc1ccc(C)c(C)c1. The van der Waals surface area contributed by atoms with Gasteiger partial charge in [0, 0.05) is 18.7 Å². The zero-order valence-electron chi connectivity index (χ0n) is 9.63. The van der Waals surface area contributed by atoms with Crippen LogP contribution in [0.3, 0.4) is 0 Å². The standard InChI is InChI=1S/C13H16N2O/c1-4-5-8-14-13(16)15-12-7-6-10(2)11(3)9-12/h1,6-7,9H,5,8H2,2-3H3,(H2,14,15,16). The molecule has 0 saturated carbocycles. The number of carbonyl (C=O) groups is 1.